The van der Waals surface area contributed by atoms with Gasteiger partial charge in [0.25, 0.3) is 0 Å². The molecule has 4 heteroatoms. The highest BCUT2D eigenvalue weighted by Crippen LogP contribution is 2.18. The Balaban J connectivity index is 2.57. The molecule has 2 N–H and O–H groups in total. The molecule has 1 aromatic carbocycles. The van der Waals surface area contributed by atoms with E-state index in [1.807, 2.05) is 7.05 Å². The van der Waals surface area contributed by atoms with Crippen LogP contribution >= 0.6 is 0 Å². The monoisotopic (exact) mass is 270 g/mol. The molecule has 0 aromatic heterocycles. The van der Waals surface area contributed by atoms with Crippen LogP contribution in [0.25, 0.3) is 0 Å². The normalized spacial score (nSPS) is 15.0. The summed E-state index contributed by atoms with van der Waals surface area (Å²) in [7, 11) is 2.05. The molecule has 1 rings (SSSR count). The van der Waals surface area contributed by atoms with Crippen LogP contribution in [0.1, 0.15) is 38.8 Å². The minimum atomic E-state index is -0.575. The lowest BCUT2D eigenvalue weighted by Gasteiger charge is -2.28. The summed E-state index contributed by atoms with van der Waals surface area (Å²) in [4.78, 5) is 2.22. The van der Waals surface area contributed by atoms with E-state index in [1.54, 1.807) is 0 Å². The van der Waals surface area contributed by atoms with Gasteiger partial charge in [-0.05, 0) is 50.6 Å². The fourth-order valence-electron chi connectivity index (χ4n) is 2.01. The molecule has 0 radical (unpaired) electrons. The summed E-state index contributed by atoms with van der Waals surface area (Å²) in [6, 6.07) is 3.59. The van der Waals surface area contributed by atoms with Crippen molar-refractivity contribution in [3.8, 4) is 0 Å². The number of benzene rings is 1. The van der Waals surface area contributed by atoms with Gasteiger partial charge in [-0.15, -0.1) is 0 Å². The van der Waals surface area contributed by atoms with Gasteiger partial charge >= 0.3 is 0 Å². The van der Waals surface area contributed by atoms with Gasteiger partial charge in [-0.3, -0.25) is 0 Å². The second-order valence-corrected chi connectivity index (χ2v) is 5.56. The molecule has 2 unspecified atom stereocenters. The van der Waals surface area contributed by atoms with Crippen molar-refractivity contribution in [1.29, 1.82) is 0 Å². The van der Waals surface area contributed by atoms with Crippen molar-refractivity contribution in [3.05, 3.63) is 35.4 Å². The third-order valence-corrected chi connectivity index (χ3v) is 3.77. The van der Waals surface area contributed by atoms with Crippen LogP contribution < -0.4 is 5.73 Å². The van der Waals surface area contributed by atoms with Crippen molar-refractivity contribution in [2.75, 3.05) is 13.6 Å². The predicted molar refractivity (Wildman–Crippen MR) is 74.8 cm³/mol. The van der Waals surface area contributed by atoms with E-state index in [0.29, 0.717) is 23.9 Å². The highest BCUT2D eigenvalue weighted by atomic mass is 19.1. The van der Waals surface area contributed by atoms with Crippen molar-refractivity contribution >= 4 is 0 Å². The Bertz CT molecular complexity index is 387. The lowest BCUT2D eigenvalue weighted by Crippen LogP contribution is -2.35. The van der Waals surface area contributed by atoms with Crippen molar-refractivity contribution in [2.24, 2.45) is 11.7 Å². The van der Waals surface area contributed by atoms with Crippen LogP contribution in [0.4, 0.5) is 8.78 Å². The predicted octanol–water partition coefficient (Wildman–Crippen LogP) is 3.33. The Morgan fingerprint density at radius 2 is 1.63 bits per heavy atom. The van der Waals surface area contributed by atoms with E-state index in [-0.39, 0.29) is 6.04 Å². The van der Waals surface area contributed by atoms with Gasteiger partial charge in [0.2, 0.25) is 0 Å². The fourth-order valence-corrected chi connectivity index (χ4v) is 2.01. The van der Waals surface area contributed by atoms with E-state index in [4.69, 9.17) is 5.73 Å². The third-order valence-electron chi connectivity index (χ3n) is 3.77. The lowest BCUT2D eigenvalue weighted by molar-refractivity contribution is 0.201. The number of halogens is 2. The molecule has 0 saturated heterocycles. The molecule has 0 heterocycles. The zero-order chi connectivity index (χ0) is 14.6. The third kappa shape index (κ3) is 4.88. The SMILES string of the molecule is CC(C)C(C)N(C)CCC(N)c1cc(F)cc(F)c1. The molecular weight excluding hydrogens is 246 g/mol. The van der Waals surface area contributed by atoms with Gasteiger partial charge in [0.15, 0.2) is 0 Å². The molecule has 0 saturated carbocycles. The molecule has 0 aliphatic heterocycles. The first-order valence-corrected chi connectivity index (χ1v) is 6.73. The van der Waals surface area contributed by atoms with Gasteiger partial charge in [0.1, 0.15) is 11.6 Å². The Labute approximate surface area is 114 Å². The molecule has 2 atom stereocenters. The first kappa shape index (κ1) is 16.1. The van der Waals surface area contributed by atoms with Gasteiger partial charge < -0.3 is 10.6 Å². The molecule has 0 bridgehead atoms. The Hall–Kier alpha value is -1.00. The average Bonchev–Trinajstić information content (AvgIpc) is 2.33. The van der Waals surface area contributed by atoms with Gasteiger partial charge in [0.05, 0.1) is 0 Å². The molecular formula is C15H24F2N2. The van der Waals surface area contributed by atoms with E-state index < -0.39 is 11.6 Å². The maximum Gasteiger partial charge on any atom is 0.126 e. The quantitative estimate of drug-likeness (QED) is 0.859. The maximum atomic E-state index is 13.1. The number of hydrogen-bond donors (Lipinski definition) is 1. The molecule has 108 valence electrons. The van der Waals surface area contributed by atoms with Crippen molar-refractivity contribution in [2.45, 2.75) is 39.3 Å². The first-order valence-electron chi connectivity index (χ1n) is 6.73. The second kappa shape index (κ2) is 6.96. The van der Waals surface area contributed by atoms with Crippen LogP contribution in [0, 0.1) is 17.6 Å². The smallest absolute Gasteiger partial charge is 0.126 e. The lowest BCUT2D eigenvalue weighted by atomic mass is 10.0. The number of rotatable bonds is 6. The highest BCUT2D eigenvalue weighted by Gasteiger charge is 2.15. The molecule has 0 aliphatic rings. The average molecular weight is 270 g/mol. The van der Waals surface area contributed by atoms with E-state index >= 15 is 0 Å². The van der Waals surface area contributed by atoms with E-state index in [1.165, 1.54) is 12.1 Å². The Kier molecular flexibility index (Phi) is 5.88. The largest absolute Gasteiger partial charge is 0.324 e. The van der Waals surface area contributed by atoms with Crippen LogP contribution in [-0.4, -0.2) is 24.5 Å². The maximum absolute atomic E-state index is 13.1. The van der Waals surface area contributed by atoms with Crippen LogP contribution in [-0.2, 0) is 0 Å². The molecule has 19 heavy (non-hydrogen) atoms. The zero-order valence-electron chi connectivity index (χ0n) is 12.2. The zero-order valence-corrected chi connectivity index (χ0v) is 12.2. The minimum absolute atomic E-state index is 0.341. The topological polar surface area (TPSA) is 29.3 Å². The fraction of sp³-hybridized carbons (Fsp3) is 0.600. The van der Waals surface area contributed by atoms with Gasteiger partial charge in [0, 0.05) is 18.2 Å². The van der Waals surface area contributed by atoms with Gasteiger partial charge in [-0.1, -0.05) is 13.8 Å². The summed E-state index contributed by atoms with van der Waals surface area (Å²) < 4.78 is 26.2. The van der Waals surface area contributed by atoms with Crippen LogP contribution in [0.3, 0.4) is 0 Å². The summed E-state index contributed by atoms with van der Waals surface area (Å²) in [6.07, 6.45) is 0.677. The van der Waals surface area contributed by atoms with Crippen LogP contribution in [0.5, 0.6) is 0 Å². The van der Waals surface area contributed by atoms with Gasteiger partial charge in [-0.2, -0.15) is 0 Å². The minimum Gasteiger partial charge on any atom is -0.324 e. The van der Waals surface area contributed by atoms with Crippen molar-refractivity contribution in [3.63, 3.8) is 0 Å². The van der Waals surface area contributed by atoms with Crippen molar-refractivity contribution < 1.29 is 8.78 Å². The summed E-state index contributed by atoms with van der Waals surface area (Å²) in [5.41, 5.74) is 6.51. The van der Waals surface area contributed by atoms with Gasteiger partial charge in [-0.25, -0.2) is 8.78 Å². The highest BCUT2D eigenvalue weighted by molar-refractivity contribution is 5.21. The summed E-state index contributed by atoms with van der Waals surface area (Å²) in [5.74, 6) is -0.587. The number of nitrogens with zero attached hydrogens (tertiary/aromatic N) is 1. The first-order chi connectivity index (χ1) is 8.81. The molecule has 0 spiro atoms. The molecule has 0 aliphatic carbocycles. The number of nitrogens with two attached hydrogens (primary N) is 1. The summed E-state index contributed by atoms with van der Waals surface area (Å²) in [6.45, 7) is 7.31. The second-order valence-electron chi connectivity index (χ2n) is 5.56. The van der Waals surface area contributed by atoms with E-state index in [0.717, 1.165) is 12.6 Å². The van der Waals surface area contributed by atoms with Crippen LogP contribution in [0.2, 0.25) is 0 Å². The standard InChI is InChI=1S/C15H24F2N2/c1-10(2)11(3)19(4)6-5-15(18)12-7-13(16)9-14(17)8-12/h7-11,15H,5-6,18H2,1-4H3. The molecule has 0 fully saturated rings. The van der Waals surface area contributed by atoms with Crippen LogP contribution in [0.15, 0.2) is 18.2 Å². The van der Waals surface area contributed by atoms with E-state index in [2.05, 4.69) is 25.7 Å². The van der Waals surface area contributed by atoms with Crippen molar-refractivity contribution in [1.82, 2.24) is 4.90 Å². The summed E-state index contributed by atoms with van der Waals surface area (Å²) in [5, 5.41) is 0. The van der Waals surface area contributed by atoms with E-state index in [9.17, 15) is 8.78 Å². The summed E-state index contributed by atoms with van der Waals surface area (Å²) >= 11 is 0. The Morgan fingerprint density at radius 1 is 1.11 bits per heavy atom. The Morgan fingerprint density at radius 3 is 2.11 bits per heavy atom. The number of hydrogen-bond acceptors (Lipinski definition) is 2. The molecule has 2 nitrogen and oxygen atoms in total. The molecule has 1 aromatic rings. The molecule has 0 amide bonds.